The summed E-state index contributed by atoms with van der Waals surface area (Å²) in [6.45, 7) is 2.97. The maximum Gasteiger partial charge on any atom is 0.341 e. The molecule has 2 unspecified atom stereocenters. The molecule has 0 radical (unpaired) electrons. The molecule has 0 heterocycles. The fourth-order valence-corrected chi connectivity index (χ4v) is 4.13. The highest BCUT2D eigenvalue weighted by Crippen LogP contribution is 2.49. The van der Waals surface area contributed by atoms with E-state index < -0.39 is 36.0 Å². The number of aromatic hydroxyl groups is 2. The van der Waals surface area contributed by atoms with Crippen molar-refractivity contribution in [3.8, 4) is 11.5 Å². The number of aliphatic hydroxyl groups is 1. The lowest BCUT2D eigenvalue weighted by Crippen LogP contribution is -2.36. The van der Waals surface area contributed by atoms with E-state index in [1.807, 2.05) is 6.92 Å². The highest BCUT2D eigenvalue weighted by atomic mass is 16.5. The Morgan fingerprint density at radius 1 is 1.36 bits per heavy atom. The monoisotopic (exact) mass is 393 g/mol. The SMILES string of the molecule is [2H]C([2H])([2H])C1=CC(c2c(O)cc(CCCCC)c(C(=O)OC)c2O)C(C(C)(C)O)CC1. The third kappa shape index (κ3) is 4.69. The number of methoxy groups -OCH3 is 1. The number of allylic oxidation sites excluding steroid dienone is 2. The lowest BCUT2D eigenvalue weighted by molar-refractivity contribution is 0.00420. The Bertz CT molecular complexity index is 837. The number of phenols is 2. The lowest BCUT2D eigenvalue weighted by atomic mass is 9.69. The van der Waals surface area contributed by atoms with Crippen LogP contribution in [0.1, 0.15) is 91.2 Å². The van der Waals surface area contributed by atoms with Gasteiger partial charge >= 0.3 is 5.97 Å². The molecule has 3 N–H and O–H groups in total. The van der Waals surface area contributed by atoms with Gasteiger partial charge in [0.15, 0.2) is 0 Å². The minimum Gasteiger partial charge on any atom is -0.507 e. The van der Waals surface area contributed by atoms with Crippen LogP contribution in [0.15, 0.2) is 17.7 Å². The highest BCUT2D eigenvalue weighted by molar-refractivity contribution is 5.95. The van der Waals surface area contributed by atoms with Crippen LogP contribution in [0.2, 0.25) is 0 Å². The zero-order valence-electron chi connectivity index (χ0n) is 20.2. The van der Waals surface area contributed by atoms with Crippen molar-refractivity contribution in [2.24, 2.45) is 5.92 Å². The van der Waals surface area contributed by atoms with Crippen LogP contribution in [-0.2, 0) is 11.2 Å². The van der Waals surface area contributed by atoms with Crippen LogP contribution in [-0.4, -0.2) is 34.0 Å². The predicted molar refractivity (Wildman–Crippen MR) is 110 cm³/mol. The molecule has 0 spiro atoms. The maximum absolute atomic E-state index is 12.5. The molecular weight excluding hydrogens is 356 g/mol. The van der Waals surface area contributed by atoms with E-state index >= 15 is 0 Å². The molecule has 0 amide bonds. The summed E-state index contributed by atoms with van der Waals surface area (Å²) in [7, 11) is 1.22. The Hall–Kier alpha value is -2.01. The largest absolute Gasteiger partial charge is 0.507 e. The number of benzene rings is 1. The van der Waals surface area contributed by atoms with Crippen molar-refractivity contribution in [1.29, 1.82) is 0 Å². The Balaban J connectivity index is 2.71. The van der Waals surface area contributed by atoms with Crippen molar-refractivity contribution in [2.75, 3.05) is 7.11 Å². The molecular formula is C23H34O5. The number of hydrogen-bond donors (Lipinski definition) is 3. The number of esters is 1. The number of carbonyl (C=O) groups is 1. The van der Waals surface area contributed by atoms with Gasteiger partial charge in [-0.25, -0.2) is 4.79 Å². The first-order chi connectivity index (χ1) is 14.3. The summed E-state index contributed by atoms with van der Waals surface area (Å²) >= 11 is 0. The predicted octanol–water partition coefficient (Wildman–Crippen LogP) is 4.83. The summed E-state index contributed by atoms with van der Waals surface area (Å²) in [6, 6.07) is 1.45. The van der Waals surface area contributed by atoms with Gasteiger partial charge in [0.25, 0.3) is 0 Å². The van der Waals surface area contributed by atoms with Crippen molar-refractivity contribution in [1.82, 2.24) is 0 Å². The zero-order chi connectivity index (χ0) is 23.6. The normalized spacial score (nSPS) is 22.0. The minimum absolute atomic E-state index is 0.0182. The Kier molecular flexibility index (Phi) is 5.80. The molecule has 2 rings (SSSR count). The van der Waals surface area contributed by atoms with E-state index in [9.17, 15) is 20.1 Å². The van der Waals surface area contributed by atoms with Gasteiger partial charge < -0.3 is 20.1 Å². The van der Waals surface area contributed by atoms with Gasteiger partial charge in [-0.3, -0.25) is 0 Å². The first-order valence-corrected chi connectivity index (χ1v) is 9.92. The summed E-state index contributed by atoms with van der Waals surface area (Å²) in [5.74, 6) is -2.61. The molecule has 28 heavy (non-hydrogen) atoms. The standard InChI is InChI=1S/C23H34O5/c1-6-7-8-9-15-13-18(24)20(21(25)19(15)22(26)28-5)16-12-14(2)10-11-17(16)23(3,4)27/h12-13,16-17,24-25,27H,6-11H2,1-5H3/i2D3. The minimum atomic E-state index is -2.32. The maximum atomic E-state index is 12.5. The molecule has 0 saturated carbocycles. The topological polar surface area (TPSA) is 87.0 Å². The molecule has 0 aliphatic heterocycles. The molecule has 0 saturated heterocycles. The van der Waals surface area contributed by atoms with Gasteiger partial charge in [0.2, 0.25) is 0 Å². The quantitative estimate of drug-likeness (QED) is 0.351. The van der Waals surface area contributed by atoms with Crippen LogP contribution in [0, 0.1) is 5.92 Å². The van der Waals surface area contributed by atoms with Gasteiger partial charge in [0.1, 0.15) is 17.1 Å². The second-order valence-electron chi connectivity index (χ2n) is 8.16. The van der Waals surface area contributed by atoms with Crippen LogP contribution in [0.3, 0.4) is 0 Å². The van der Waals surface area contributed by atoms with Gasteiger partial charge in [-0.15, -0.1) is 0 Å². The van der Waals surface area contributed by atoms with E-state index in [1.165, 1.54) is 19.3 Å². The van der Waals surface area contributed by atoms with Crippen LogP contribution in [0.25, 0.3) is 0 Å². The summed E-state index contributed by atoms with van der Waals surface area (Å²) in [5, 5.41) is 32.7. The van der Waals surface area contributed by atoms with Crippen molar-refractivity contribution in [3.63, 3.8) is 0 Å². The smallest absolute Gasteiger partial charge is 0.341 e. The summed E-state index contributed by atoms with van der Waals surface area (Å²) < 4.78 is 28.2. The Morgan fingerprint density at radius 3 is 2.64 bits per heavy atom. The van der Waals surface area contributed by atoms with E-state index in [0.717, 1.165) is 19.3 Å². The first-order valence-electron chi connectivity index (χ1n) is 11.4. The molecule has 5 heteroatoms. The average molecular weight is 394 g/mol. The van der Waals surface area contributed by atoms with Crippen LogP contribution in [0.4, 0.5) is 0 Å². The van der Waals surface area contributed by atoms with Gasteiger partial charge in [0.05, 0.1) is 12.7 Å². The lowest BCUT2D eigenvalue weighted by Gasteiger charge is -2.38. The van der Waals surface area contributed by atoms with E-state index in [4.69, 9.17) is 8.85 Å². The van der Waals surface area contributed by atoms with E-state index in [-0.39, 0.29) is 28.9 Å². The van der Waals surface area contributed by atoms with Crippen LogP contribution >= 0.6 is 0 Å². The summed E-state index contributed by atoms with van der Waals surface area (Å²) in [5.41, 5.74) is -0.479. The second kappa shape index (κ2) is 8.99. The number of phenolic OH excluding ortho intramolecular Hbond substituents is 2. The average Bonchev–Trinajstić information content (AvgIpc) is 2.66. The first kappa shape index (κ1) is 18.0. The van der Waals surface area contributed by atoms with Crippen molar-refractivity contribution < 1.29 is 29.0 Å². The van der Waals surface area contributed by atoms with Crippen molar-refractivity contribution in [3.05, 3.63) is 34.4 Å². The molecule has 1 aliphatic rings. The molecule has 1 aromatic rings. The molecule has 0 fully saturated rings. The molecule has 2 atom stereocenters. The summed E-state index contributed by atoms with van der Waals surface area (Å²) in [6.07, 6.45) is 5.31. The van der Waals surface area contributed by atoms with Gasteiger partial charge in [0, 0.05) is 15.6 Å². The number of unbranched alkanes of at least 4 members (excludes halogenated alkanes) is 2. The fourth-order valence-electron chi connectivity index (χ4n) is 4.13. The molecule has 156 valence electrons. The molecule has 0 aromatic heterocycles. The number of hydrogen-bond acceptors (Lipinski definition) is 5. The fraction of sp³-hybridized carbons (Fsp3) is 0.609. The molecule has 0 bridgehead atoms. The Labute approximate surface area is 172 Å². The second-order valence-corrected chi connectivity index (χ2v) is 8.16. The Morgan fingerprint density at radius 2 is 2.07 bits per heavy atom. The summed E-state index contributed by atoms with van der Waals surface area (Å²) in [4.78, 5) is 12.5. The van der Waals surface area contributed by atoms with Crippen molar-refractivity contribution >= 4 is 5.97 Å². The molecule has 1 aromatic carbocycles. The molecule has 5 nitrogen and oxygen atoms in total. The van der Waals surface area contributed by atoms with Crippen molar-refractivity contribution in [2.45, 2.75) is 77.7 Å². The third-order valence-electron chi connectivity index (χ3n) is 5.62. The van der Waals surface area contributed by atoms with E-state index in [0.29, 0.717) is 18.4 Å². The third-order valence-corrected chi connectivity index (χ3v) is 5.62. The van der Waals surface area contributed by atoms with Gasteiger partial charge in [-0.05, 0) is 63.9 Å². The number of aryl methyl sites for hydroxylation is 1. The molecule has 1 aliphatic carbocycles. The van der Waals surface area contributed by atoms with E-state index in [1.54, 1.807) is 13.8 Å². The van der Waals surface area contributed by atoms with Crippen LogP contribution in [0.5, 0.6) is 11.5 Å². The van der Waals surface area contributed by atoms with E-state index in [2.05, 4.69) is 0 Å². The highest BCUT2D eigenvalue weighted by Gasteiger charge is 2.39. The number of ether oxygens (including phenoxy) is 1. The number of carbonyl (C=O) groups excluding carboxylic acids is 1. The zero-order valence-corrected chi connectivity index (χ0v) is 17.2. The van der Waals surface area contributed by atoms with Gasteiger partial charge in [-0.2, -0.15) is 0 Å². The van der Waals surface area contributed by atoms with Crippen LogP contribution < -0.4 is 0 Å². The van der Waals surface area contributed by atoms with Gasteiger partial charge in [-0.1, -0.05) is 31.4 Å². The number of rotatable bonds is 7.